The Morgan fingerprint density at radius 3 is 2.35 bits per heavy atom. The minimum absolute atomic E-state index is 0.0252. The largest absolute Gasteiger partial charge is 0.460 e. The van der Waals surface area contributed by atoms with E-state index < -0.39 is 72.4 Å². The summed E-state index contributed by atoms with van der Waals surface area (Å²) in [5.41, 5.74) is 0.218. The van der Waals surface area contributed by atoms with Gasteiger partial charge < -0.3 is 44.5 Å². The smallest absolute Gasteiger partial charge is 0.302 e. The molecule has 0 spiro atoms. The molecule has 0 amide bonds. The maximum absolute atomic E-state index is 12.6. The maximum Gasteiger partial charge on any atom is 0.302 e. The quantitative estimate of drug-likeness (QED) is 0.166. The molecule has 7 aliphatic rings. The maximum atomic E-state index is 12.6. The molecule has 2 bridgehead atoms. The Labute approximate surface area is 285 Å². The van der Waals surface area contributed by atoms with Gasteiger partial charge in [0, 0.05) is 18.3 Å². The topological polar surface area (TPSA) is 155 Å². The van der Waals surface area contributed by atoms with Crippen LogP contribution < -0.4 is 0 Å². The number of esters is 1. The van der Waals surface area contributed by atoms with Gasteiger partial charge in [0.1, 0.15) is 36.6 Å². The van der Waals surface area contributed by atoms with E-state index in [4.69, 9.17) is 18.9 Å². The molecular formula is C38H60O10. The molecule has 17 atom stereocenters. The minimum atomic E-state index is -1.59. The first kappa shape index (κ1) is 35.3. The van der Waals surface area contributed by atoms with Crippen LogP contribution in [0.3, 0.4) is 0 Å². The zero-order chi connectivity index (χ0) is 34.9. The molecule has 6 fully saturated rings. The predicted molar refractivity (Wildman–Crippen MR) is 175 cm³/mol. The predicted octanol–water partition coefficient (Wildman–Crippen LogP) is 3.35. The van der Waals surface area contributed by atoms with Crippen molar-refractivity contribution in [2.45, 2.75) is 149 Å². The van der Waals surface area contributed by atoms with E-state index >= 15 is 0 Å². The molecule has 5 aliphatic carbocycles. The molecule has 10 nitrogen and oxygen atoms in total. The third-order valence-electron chi connectivity index (χ3n) is 15.8. The molecule has 2 unspecified atom stereocenters. The van der Waals surface area contributed by atoms with Crippen LogP contribution in [-0.4, -0.2) is 99.8 Å². The highest BCUT2D eigenvalue weighted by Gasteiger charge is 2.75. The third kappa shape index (κ3) is 4.55. The third-order valence-corrected chi connectivity index (χ3v) is 15.8. The van der Waals surface area contributed by atoms with E-state index in [-0.39, 0.29) is 34.2 Å². The van der Waals surface area contributed by atoms with Crippen LogP contribution in [0.1, 0.15) is 93.9 Å². The van der Waals surface area contributed by atoms with Crippen LogP contribution in [-0.2, 0) is 23.7 Å². The molecule has 272 valence electrons. The lowest BCUT2D eigenvalue weighted by atomic mass is 9.35. The number of allylic oxidation sites excluding steroid dienone is 1. The van der Waals surface area contributed by atoms with Crippen molar-refractivity contribution < 1.29 is 49.3 Å². The number of aliphatic hydroxyl groups is 5. The number of ether oxygens (including phenoxy) is 4. The van der Waals surface area contributed by atoms with Crippen molar-refractivity contribution in [3.8, 4) is 0 Å². The average molecular weight is 677 g/mol. The van der Waals surface area contributed by atoms with Gasteiger partial charge in [-0.05, 0) is 83.9 Å². The van der Waals surface area contributed by atoms with E-state index in [1.807, 2.05) is 0 Å². The zero-order valence-corrected chi connectivity index (χ0v) is 30.1. The second kappa shape index (κ2) is 11.4. The zero-order valence-electron chi connectivity index (χ0n) is 30.1. The van der Waals surface area contributed by atoms with Crippen LogP contribution in [0, 0.1) is 56.7 Å². The lowest BCUT2D eigenvalue weighted by Gasteiger charge is -2.70. The molecule has 0 radical (unpaired) electrons. The second-order valence-electron chi connectivity index (χ2n) is 18.5. The fourth-order valence-corrected chi connectivity index (χ4v) is 13.6. The summed E-state index contributed by atoms with van der Waals surface area (Å²) in [6.07, 6.45) is -1.26. The first-order chi connectivity index (χ1) is 22.4. The Kier molecular flexibility index (Phi) is 8.42. The van der Waals surface area contributed by atoms with Gasteiger partial charge in [0.2, 0.25) is 0 Å². The summed E-state index contributed by atoms with van der Waals surface area (Å²) in [6.45, 7) is 17.7. The van der Waals surface area contributed by atoms with Crippen molar-refractivity contribution in [1.82, 2.24) is 0 Å². The molecule has 2 saturated heterocycles. The van der Waals surface area contributed by atoms with Crippen LogP contribution >= 0.6 is 0 Å². The Balaban J connectivity index is 1.25. The molecule has 4 saturated carbocycles. The van der Waals surface area contributed by atoms with E-state index in [2.05, 4.69) is 54.5 Å². The summed E-state index contributed by atoms with van der Waals surface area (Å²) in [6, 6.07) is 0. The Bertz CT molecular complexity index is 1310. The highest BCUT2D eigenvalue weighted by atomic mass is 16.7. The number of hydrogen-bond acceptors (Lipinski definition) is 10. The monoisotopic (exact) mass is 676 g/mol. The summed E-state index contributed by atoms with van der Waals surface area (Å²) in [5.74, 6) is 1.19. The number of carbonyl (C=O) groups excluding carboxylic acids is 1. The number of aliphatic hydroxyl groups excluding tert-OH is 5. The van der Waals surface area contributed by atoms with Gasteiger partial charge in [-0.25, -0.2) is 0 Å². The van der Waals surface area contributed by atoms with Gasteiger partial charge in [0.25, 0.3) is 0 Å². The standard InChI is InChI=1S/C38H60O10/c1-18(2)21-13-23-31-37(8)10-9-20-27(36(37,7)11-12-38(21,31)17-45-23)22(41)14-26-34(4,5)32(24(46-19(3)40)15-35(20,26)6)48-33-30(44)29(43)28(42)25(16-39)47-33/h9,18,21-33,39,41-44H,10-17H2,1-8H3/t21-,22-,23-,24+,25+,26?,27-,28+,29-,30+,31?,32-,33-,35+,36-,37+,38+/m0/s1. The first-order valence-corrected chi connectivity index (χ1v) is 18.5. The lowest BCUT2D eigenvalue weighted by molar-refractivity contribution is -0.337. The fourth-order valence-electron chi connectivity index (χ4n) is 13.6. The van der Waals surface area contributed by atoms with Crippen molar-refractivity contribution in [2.75, 3.05) is 13.2 Å². The van der Waals surface area contributed by atoms with E-state index in [9.17, 15) is 30.3 Å². The molecule has 0 aromatic heterocycles. The van der Waals surface area contributed by atoms with Crippen molar-refractivity contribution >= 4 is 5.97 Å². The molecule has 0 aromatic rings. The van der Waals surface area contributed by atoms with Crippen molar-refractivity contribution in [1.29, 1.82) is 0 Å². The normalized spacial score (nSPS) is 55.3. The van der Waals surface area contributed by atoms with Crippen LogP contribution in [0.2, 0.25) is 0 Å². The van der Waals surface area contributed by atoms with E-state index in [0.717, 1.165) is 32.3 Å². The molecule has 2 aliphatic heterocycles. The number of rotatable bonds is 5. The van der Waals surface area contributed by atoms with Gasteiger partial charge in [-0.15, -0.1) is 0 Å². The fraction of sp³-hybridized carbons (Fsp3) is 0.921. The Morgan fingerprint density at radius 1 is 1.00 bits per heavy atom. The van der Waals surface area contributed by atoms with Gasteiger partial charge >= 0.3 is 5.97 Å². The van der Waals surface area contributed by atoms with Crippen LogP contribution in [0.4, 0.5) is 0 Å². The summed E-state index contributed by atoms with van der Waals surface area (Å²) < 4.78 is 24.9. The SMILES string of the molecule is CC(=O)O[C@@H]1C[C@]2(C)C3=CC[C@]4(C)C5[C@@H]6C[C@@H](C(C)C)[C@@]5(CC[C@@]4(C)[C@@H]3[C@@H](O)CC2C(C)(C)[C@H]1O[C@@H]1O[C@H](CO)[C@@H](O)[C@H](O)[C@H]1O)CO6. The summed E-state index contributed by atoms with van der Waals surface area (Å²) in [7, 11) is 0. The van der Waals surface area contributed by atoms with E-state index in [1.54, 1.807) is 0 Å². The van der Waals surface area contributed by atoms with E-state index in [0.29, 0.717) is 30.6 Å². The Hall–Kier alpha value is -1.11. The van der Waals surface area contributed by atoms with Crippen molar-refractivity contribution in [3.05, 3.63) is 11.6 Å². The average Bonchev–Trinajstić information content (AvgIpc) is 3.56. The minimum Gasteiger partial charge on any atom is -0.460 e. The van der Waals surface area contributed by atoms with E-state index in [1.165, 1.54) is 12.5 Å². The van der Waals surface area contributed by atoms with Gasteiger partial charge in [-0.3, -0.25) is 4.79 Å². The number of carbonyl (C=O) groups is 1. The molecule has 5 N–H and O–H groups in total. The summed E-state index contributed by atoms with van der Waals surface area (Å²) in [4.78, 5) is 12.6. The highest BCUT2D eigenvalue weighted by molar-refractivity contribution is 5.66. The lowest BCUT2D eigenvalue weighted by Crippen LogP contribution is -2.68. The number of hydrogen-bond donors (Lipinski definition) is 5. The first-order valence-electron chi connectivity index (χ1n) is 18.5. The highest BCUT2D eigenvalue weighted by Crippen LogP contribution is 2.78. The van der Waals surface area contributed by atoms with Crippen molar-refractivity contribution in [2.24, 2.45) is 56.7 Å². The molecular weight excluding hydrogens is 616 g/mol. The van der Waals surface area contributed by atoms with Gasteiger partial charge in [0.05, 0.1) is 25.4 Å². The summed E-state index contributed by atoms with van der Waals surface area (Å²) in [5, 5.41) is 53.9. The van der Waals surface area contributed by atoms with Gasteiger partial charge in [-0.1, -0.05) is 60.1 Å². The Morgan fingerprint density at radius 2 is 1.71 bits per heavy atom. The van der Waals surface area contributed by atoms with Crippen LogP contribution in [0.5, 0.6) is 0 Å². The molecule has 10 heteroatoms. The molecule has 48 heavy (non-hydrogen) atoms. The number of fused-ring (bicyclic) bond motifs is 5. The molecule has 2 heterocycles. The van der Waals surface area contributed by atoms with Gasteiger partial charge in [0.15, 0.2) is 6.29 Å². The molecule has 0 aromatic carbocycles. The molecule has 7 rings (SSSR count). The van der Waals surface area contributed by atoms with Crippen LogP contribution in [0.25, 0.3) is 0 Å². The summed E-state index contributed by atoms with van der Waals surface area (Å²) >= 11 is 0. The van der Waals surface area contributed by atoms with Crippen LogP contribution in [0.15, 0.2) is 11.6 Å². The van der Waals surface area contributed by atoms with Crippen molar-refractivity contribution in [3.63, 3.8) is 0 Å². The second-order valence-corrected chi connectivity index (χ2v) is 18.5. The van der Waals surface area contributed by atoms with Gasteiger partial charge in [-0.2, -0.15) is 0 Å².